The average Bonchev–Trinajstić information content (AvgIpc) is 2.18. The zero-order chi connectivity index (χ0) is 11.9. The third-order valence-corrected chi connectivity index (χ3v) is 3.57. The van der Waals surface area contributed by atoms with Crippen LogP contribution in [-0.4, -0.2) is 16.4 Å². The number of phosphoric ester groups is 1. The van der Waals surface area contributed by atoms with Gasteiger partial charge in [0.25, 0.3) is 0 Å². The van der Waals surface area contributed by atoms with Gasteiger partial charge in [0, 0.05) is 40.8 Å². The minimum atomic E-state index is -4.32. The van der Waals surface area contributed by atoms with Gasteiger partial charge in [-0.15, -0.1) is 0 Å². The second-order valence-electron chi connectivity index (χ2n) is 4.07. The molecule has 0 aromatic rings. The fraction of sp³-hybridized carbons (Fsp3) is 1.00. The summed E-state index contributed by atoms with van der Waals surface area (Å²) < 4.78 is 15.3. The number of rotatable bonds is 8. The summed E-state index contributed by atoms with van der Waals surface area (Å²) in [7, 11) is -4.32. The molecule has 0 aromatic heterocycles. The van der Waals surface area contributed by atoms with E-state index in [9.17, 15) is 4.57 Å². The van der Waals surface area contributed by atoms with Crippen LogP contribution in [0, 0.1) is 46.3 Å². The Balaban J connectivity index is 0. The summed E-state index contributed by atoms with van der Waals surface area (Å²) in [6.45, 7) is 6.36. The molecule has 0 radical (unpaired) electrons. The van der Waals surface area contributed by atoms with Crippen molar-refractivity contribution < 1.29 is 59.7 Å². The van der Waals surface area contributed by atoms with Crippen LogP contribution >= 0.6 is 7.82 Å². The molecule has 96 valence electrons. The van der Waals surface area contributed by atoms with Crippen molar-refractivity contribution in [1.82, 2.24) is 0 Å². The predicted molar refractivity (Wildman–Crippen MR) is 60.5 cm³/mol. The van der Waals surface area contributed by atoms with Crippen LogP contribution in [0.5, 0.6) is 0 Å². The van der Waals surface area contributed by atoms with Gasteiger partial charge in [-0.1, -0.05) is 33.6 Å². The van der Waals surface area contributed by atoms with E-state index in [0.29, 0.717) is 0 Å². The monoisotopic (exact) mass is 380 g/mol. The van der Waals surface area contributed by atoms with Gasteiger partial charge in [0.15, 0.2) is 0 Å². The molecule has 0 atom stereocenters. The zero-order valence-electron chi connectivity index (χ0n) is 10.4. The van der Waals surface area contributed by atoms with Crippen LogP contribution in [0.2, 0.25) is 0 Å². The van der Waals surface area contributed by atoms with Crippen molar-refractivity contribution in [2.75, 3.05) is 6.61 Å². The van der Waals surface area contributed by atoms with Crippen LogP contribution in [0.4, 0.5) is 0 Å². The van der Waals surface area contributed by atoms with E-state index in [0.717, 1.165) is 32.1 Å². The fourth-order valence-electron chi connectivity index (χ4n) is 1.65. The quantitative estimate of drug-likeness (QED) is 0.633. The predicted octanol–water partition coefficient (Wildman–Crippen LogP) is 3.09. The first-order chi connectivity index (χ1) is 6.89. The van der Waals surface area contributed by atoms with Gasteiger partial charge in [-0.3, -0.25) is 4.52 Å². The number of hydrogen-bond acceptors (Lipinski definition) is 2. The van der Waals surface area contributed by atoms with E-state index < -0.39 is 7.82 Å². The van der Waals surface area contributed by atoms with Crippen molar-refractivity contribution in [3.05, 3.63) is 0 Å². The molecule has 0 heterocycles. The molecule has 0 saturated carbocycles. The van der Waals surface area contributed by atoms with E-state index in [1.807, 2.05) is 13.8 Å². The molecule has 6 heteroatoms. The van der Waals surface area contributed by atoms with Gasteiger partial charge in [0.05, 0.1) is 6.61 Å². The molecule has 0 aliphatic heterocycles. The molecule has 0 rings (SSSR count). The summed E-state index contributed by atoms with van der Waals surface area (Å²) in [5.41, 5.74) is -0.0723. The van der Waals surface area contributed by atoms with Gasteiger partial charge >= 0.3 is 7.82 Å². The standard InChI is InChI=1S/C10H23O4P.Nd/c1-4-7-8-10(5-2,6-3)9-14-15(11,12)13;/h4-9H2,1-3H3,(H2,11,12,13);. The molecule has 2 N–H and O–H groups in total. The van der Waals surface area contributed by atoms with Crippen molar-refractivity contribution in [2.45, 2.75) is 52.9 Å². The Kier molecular flexibility index (Phi) is 11.6. The molecule has 4 nitrogen and oxygen atoms in total. The molecule has 0 bridgehead atoms. The minimum absolute atomic E-state index is 0. The maximum Gasteiger partial charge on any atom is 0.469 e. The first kappa shape index (κ1) is 19.8. The van der Waals surface area contributed by atoms with Crippen molar-refractivity contribution in [1.29, 1.82) is 0 Å². The summed E-state index contributed by atoms with van der Waals surface area (Å²) in [5.74, 6) is 0. The largest absolute Gasteiger partial charge is 0.469 e. The maximum absolute atomic E-state index is 10.7. The summed E-state index contributed by atoms with van der Waals surface area (Å²) in [4.78, 5) is 17.4. The first-order valence-corrected chi connectivity index (χ1v) is 7.12. The molecule has 0 aliphatic carbocycles. The van der Waals surface area contributed by atoms with E-state index >= 15 is 0 Å². The molecular formula is C10H23NdO4P. The summed E-state index contributed by atoms with van der Waals surface area (Å²) in [5, 5.41) is 0. The molecule has 0 aliphatic rings. The maximum atomic E-state index is 10.7. The zero-order valence-corrected chi connectivity index (χ0v) is 14.5. The van der Waals surface area contributed by atoms with E-state index in [2.05, 4.69) is 11.4 Å². The van der Waals surface area contributed by atoms with Crippen molar-refractivity contribution >= 4 is 7.82 Å². The number of phosphoric acid groups is 1. The van der Waals surface area contributed by atoms with Crippen LogP contribution in [0.15, 0.2) is 0 Å². The van der Waals surface area contributed by atoms with Crippen LogP contribution in [-0.2, 0) is 9.09 Å². The smallest absolute Gasteiger partial charge is 0.303 e. The Morgan fingerprint density at radius 2 is 1.69 bits per heavy atom. The van der Waals surface area contributed by atoms with E-state index in [4.69, 9.17) is 9.79 Å². The molecule has 0 unspecified atom stereocenters. The second kappa shape index (κ2) is 9.40. The Bertz CT molecular complexity index is 213. The Labute approximate surface area is 131 Å². The molecular weight excluding hydrogens is 359 g/mol. The molecule has 0 spiro atoms. The van der Waals surface area contributed by atoms with Gasteiger partial charge in [-0.2, -0.15) is 0 Å². The number of unbranched alkanes of at least 4 members (excludes halogenated alkanes) is 1. The average molecular weight is 383 g/mol. The second-order valence-corrected chi connectivity index (χ2v) is 5.31. The normalized spacial score (nSPS) is 12.3. The molecule has 16 heavy (non-hydrogen) atoms. The Morgan fingerprint density at radius 3 is 2.00 bits per heavy atom. The van der Waals surface area contributed by atoms with Crippen molar-refractivity contribution in [3.8, 4) is 0 Å². The summed E-state index contributed by atoms with van der Waals surface area (Å²) in [6.07, 6.45) is 4.92. The van der Waals surface area contributed by atoms with E-state index in [-0.39, 0.29) is 52.9 Å². The van der Waals surface area contributed by atoms with Gasteiger partial charge < -0.3 is 9.79 Å². The summed E-state index contributed by atoms with van der Waals surface area (Å²) in [6, 6.07) is 0. The topological polar surface area (TPSA) is 66.8 Å². The Hall–Kier alpha value is 1.46. The van der Waals surface area contributed by atoms with E-state index in [1.54, 1.807) is 0 Å². The fourth-order valence-corrected chi connectivity index (χ4v) is 2.09. The SMILES string of the molecule is CCCCC(CC)(CC)COP(=O)(O)O.[Nd]. The third kappa shape index (κ3) is 8.54. The molecule has 0 amide bonds. The van der Waals surface area contributed by atoms with Crippen LogP contribution < -0.4 is 0 Å². The van der Waals surface area contributed by atoms with E-state index in [1.165, 1.54) is 0 Å². The van der Waals surface area contributed by atoms with Gasteiger partial charge in [-0.25, -0.2) is 4.57 Å². The third-order valence-electron chi connectivity index (χ3n) is 3.10. The van der Waals surface area contributed by atoms with Crippen LogP contribution in [0.3, 0.4) is 0 Å². The minimum Gasteiger partial charge on any atom is -0.303 e. The van der Waals surface area contributed by atoms with Gasteiger partial charge in [0.2, 0.25) is 0 Å². The van der Waals surface area contributed by atoms with Crippen molar-refractivity contribution in [2.24, 2.45) is 5.41 Å². The van der Waals surface area contributed by atoms with Crippen LogP contribution in [0.25, 0.3) is 0 Å². The van der Waals surface area contributed by atoms with Crippen molar-refractivity contribution in [3.63, 3.8) is 0 Å². The summed E-state index contributed by atoms with van der Waals surface area (Å²) >= 11 is 0. The van der Waals surface area contributed by atoms with Gasteiger partial charge in [-0.05, 0) is 24.7 Å². The Morgan fingerprint density at radius 1 is 1.19 bits per heavy atom. The number of hydrogen-bond donors (Lipinski definition) is 2. The van der Waals surface area contributed by atoms with Crippen LogP contribution in [0.1, 0.15) is 52.9 Å². The van der Waals surface area contributed by atoms with Gasteiger partial charge in [0.1, 0.15) is 0 Å². The molecule has 0 aromatic carbocycles. The molecule has 0 fully saturated rings. The molecule has 0 saturated heterocycles. The first-order valence-electron chi connectivity index (χ1n) is 5.59.